The van der Waals surface area contributed by atoms with Crippen molar-refractivity contribution in [3.63, 3.8) is 0 Å². The summed E-state index contributed by atoms with van der Waals surface area (Å²) in [4.78, 5) is 26.4. The predicted molar refractivity (Wildman–Crippen MR) is 121 cm³/mol. The lowest BCUT2D eigenvalue weighted by atomic mass is 9.87. The Bertz CT molecular complexity index is 1040. The minimum Gasteiger partial charge on any atom is -0.343 e. The van der Waals surface area contributed by atoms with Crippen molar-refractivity contribution in [2.75, 3.05) is 27.7 Å². The number of carbonyl (C=O) groups is 2. The molecule has 0 aromatic heterocycles. The fourth-order valence-corrected chi connectivity index (χ4v) is 3.82. The zero-order chi connectivity index (χ0) is 23.4. The van der Waals surface area contributed by atoms with E-state index in [2.05, 4.69) is 38.2 Å². The second-order valence-corrected chi connectivity index (χ2v) is 10.8. The van der Waals surface area contributed by atoms with Gasteiger partial charge in [-0.2, -0.15) is 0 Å². The van der Waals surface area contributed by atoms with Crippen LogP contribution in [0.2, 0.25) is 0 Å². The van der Waals surface area contributed by atoms with Gasteiger partial charge in [0.1, 0.15) is 0 Å². The molecule has 0 radical (unpaired) electrons. The molecule has 2 aromatic carbocycles. The molecule has 0 bridgehead atoms. The van der Waals surface area contributed by atoms with Gasteiger partial charge in [0.25, 0.3) is 5.91 Å². The van der Waals surface area contributed by atoms with E-state index in [9.17, 15) is 18.0 Å². The van der Waals surface area contributed by atoms with Gasteiger partial charge < -0.3 is 10.2 Å². The van der Waals surface area contributed by atoms with Crippen LogP contribution < -0.4 is 5.32 Å². The third-order valence-corrected chi connectivity index (χ3v) is 6.75. The van der Waals surface area contributed by atoms with Crippen molar-refractivity contribution < 1.29 is 18.0 Å². The minimum absolute atomic E-state index is 0.0206. The summed E-state index contributed by atoms with van der Waals surface area (Å²) >= 11 is 0. The summed E-state index contributed by atoms with van der Waals surface area (Å²) < 4.78 is 25.6. The van der Waals surface area contributed by atoms with Gasteiger partial charge in [-0.15, -0.1) is 0 Å². The first kappa shape index (κ1) is 24.6. The van der Waals surface area contributed by atoms with E-state index in [1.807, 2.05) is 12.1 Å². The maximum absolute atomic E-state index is 12.4. The molecular formula is C23H31N3O4S. The maximum Gasteiger partial charge on any atom is 0.251 e. The fraction of sp³-hybridized carbons (Fsp3) is 0.391. The number of benzene rings is 2. The Balaban J connectivity index is 1.97. The molecule has 0 heterocycles. The predicted octanol–water partition coefficient (Wildman–Crippen LogP) is 2.62. The van der Waals surface area contributed by atoms with Crippen LogP contribution in [0.1, 0.15) is 42.3 Å². The number of sulfonamides is 1. The van der Waals surface area contributed by atoms with Gasteiger partial charge in [-0.1, -0.05) is 51.1 Å². The Morgan fingerprint density at radius 2 is 1.58 bits per heavy atom. The third-order valence-electron chi connectivity index (χ3n) is 4.94. The van der Waals surface area contributed by atoms with E-state index in [-0.39, 0.29) is 28.3 Å². The Hall–Kier alpha value is -2.71. The lowest BCUT2D eigenvalue weighted by Gasteiger charge is -2.21. The van der Waals surface area contributed by atoms with Gasteiger partial charge in [-0.3, -0.25) is 9.59 Å². The van der Waals surface area contributed by atoms with Crippen LogP contribution in [0.5, 0.6) is 0 Å². The van der Waals surface area contributed by atoms with Crippen LogP contribution in [0.3, 0.4) is 0 Å². The molecule has 0 aliphatic carbocycles. The molecule has 0 aliphatic rings. The van der Waals surface area contributed by atoms with E-state index >= 15 is 0 Å². The van der Waals surface area contributed by atoms with Crippen LogP contribution in [0, 0.1) is 0 Å². The van der Waals surface area contributed by atoms with Crippen LogP contribution in [-0.2, 0) is 26.8 Å². The van der Waals surface area contributed by atoms with Gasteiger partial charge in [-0.05, 0) is 34.7 Å². The van der Waals surface area contributed by atoms with Gasteiger partial charge in [0.05, 0.1) is 11.4 Å². The Kier molecular flexibility index (Phi) is 7.62. The highest BCUT2D eigenvalue weighted by Gasteiger charge is 2.19. The Labute approximate surface area is 185 Å². The van der Waals surface area contributed by atoms with Gasteiger partial charge in [0, 0.05) is 33.3 Å². The van der Waals surface area contributed by atoms with Gasteiger partial charge >= 0.3 is 0 Å². The first-order chi connectivity index (χ1) is 14.3. The summed E-state index contributed by atoms with van der Waals surface area (Å²) in [7, 11) is 0.878. The number of rotatable bonds is 7. The first-order valence-corrected chi connectivity index (χ1v) is 11.4. The van der Waals surface area contributed by atoms with Crippen LogP contribution in [0.15, 0.2) is 53.4 Å². The number of nitrogens with one attached hydrogen (secondary N) is 1. The lowest BCUT2D eigenvalue weighted by molar-refractivity contribution is -0.129. The number of amides is 2. The molecule has 0 saturated carbocycles. The normalized spacial score (nSPS) is 12.0. The molecule has 1 N–H and O–H groups in total. The minimum atomic E-state index is -3.65. The number of nitrogens with zero attached hydrogens (tertiary/aromatic N) is 2. The molecule has 8 heteroatoms. The summed E-state index contributed by atoms with van der Waals surface area (Å²) in [6.45, 7) is 6.68. The topological polar surface area (TPSA) is 86.8 Å². The zero-order valence-corrected chi connectivity index (χ0v) is 19.8. The van der Waals surface area contributed by atoms with Crippen LogP contribution >= 0.6 is 0 Å². The Morgan fingerprint density at radius 1 is 0.968 bits per heavy atom. The van der Waals surface area contributed by atoms with Crippen molar-refractivity contribution in [1.29, 1.82) is 0 Å². The standard InChI is InChI=1S/C23H31N3O4S/c1-23(2,3)19-12-10-17(11-13-19)16-26(6)21(27)15-24-22(28)18-8-7-9-20(14-18)31(29,30)25(4)5/h7-14H,15-16H2,1-6H3,(H,24,28). The average Bonchev–Trinajstić information content (AvgIpc) is 2.71. The number of hydrogen-bond donors (Lipinski definition) is 1. The fourth-order valence-electron chi connectivity index (χ4n) is 2.87. The summed E-state index contributed by atoms with van der Waals surface area (Å²) in [5.41, 5.74) is 2.46. The van der Waals surface area contributed by atoms with Crippen molar-refractivity contribution in [3.05, 3.63) is 65.2 Å². The van der Waals surface area contributed by atoms with Crippen LogP contribution in [0.4, 0.5) is 0 Å². The van der Waals surface area contributed by atoms with Crippen molar-refractivity contribution in [3.8, 4) is 0 Å². The van der Waals surface area contributed by atoms with Gasteiger partial charge in [0.15, 0.2) is 0 Å². The molecule has 7 nitrogen and oxygen atoms in total. The molecule has 2 rings (SSSR count). The Morgan fingerprint density at radius 3 is 2.13 bits per heavy atom. The monoisotopic (exact) mass is 445 g/mol. The van der Waals surface area contributed by atoms with Crippen LogP contribution in [0.25, 0.3) is 0 Å². The molecule has 0 spiro atoms. The highest BCUT2D eigenvalue weighted by atomic mass is 32.2. The number of hydrogen-bond acceptors (Lipinski definition) is 4. The van der Waals surface area contributed by atoms with E-state index in [0.29, 0.717) is 6.54 Å². The molecule has 2 amide bonds. The van der Waals surface area contributed by atoms with Gasteiger partial charge in [-0.25, -0.2) is 12.7 Å². The van der Waals surface area contributed by atoms with E-state index < -0.39 is 15.9 Å². The molecule has 0 fully saturated rings. The summed E-state index contributed by atoms with van der Waals surface area (Å²) in [5.74, 6) is -0.752. The quantitative estimate of drug-likeness (QED) is 0.710. The smallest absolute Gasteiger partial charge is 0.251 e. The molecular weight excluding hydrogens is 414 g/mol. The summed E-state index contributed by atoms with van der Waals surface area (Å²) in [5, 5.41) is 2.56. The largest absolute Gasteiger partial charge is 0.343 e. The molecule has 0 atom stereocenters. The van der Waals surface area contributed by atoms with E-state index in [0.717, 1.165) is 9.87 Å². The van der Waals surface area contributed by atoms with E-state index in [1.54, 1.807) is 11.9 Å². The zero-order valence-electron chi connectivity index (χ0n) is 19.0. The lowest BCUT2D eigenvalue weighted by Crippen LogP contribution is -2.37. The van der Waals surface area contributed by atoms with Crippen molar-refractivity contribution in [1.82, 2.24) is 14.5 Å². The second-order valence-electron chi connectivity index (χ2n) is 8.69. The summed E-state index contributed by atoms with van der Waals surface area (Å²) in [6.07, 6.45) is 0. The molecule has 168 valence electrons. The molecule has 0 saturated heterocycles. The maximum atomic E-state index is 12.4. The van der Waals surface area contributed by atoms with Crippen molar-refractivity contribution >= 4 is 21.8 Å². The molecule has 0 unspecified atom stereocenters. The van der Waals surface area contributed by atoms with E-state index in [1.165, 1.54) is 43.9 Å². The SMILES string of the molecule is CN(Cc1ccc(C(C)(C)C)cc1)C(=O)CNC(=O)c1cccc(S(=O)(=O)N(C)C)c1. The van der Waals surface area contributed by atoms with Crippen molar-refractivity contribution in [2.45, 2.75) is 37.6 Å². The second kappa shape index (κ2) is 9.62. The number of likely N-dealkylation sites (N-methyl/N-ethyl adjacent to an activating group) is 1. The highest BCUT2D eigenvalue weighted by molar-refractivity contribution is 7.89. The van der Waals surface area contributed by atoms with Crippen molar-refractivity contribution in [2.24, 2.45) is 0 Å². The first-order valence-electron chi connectivity index (χ1n) is 9.96. The summed E-state index contributed by atoms with van der Waals surface area (Å²) in [6, 6.07) is 13.9. The third kappa shape index (κ3) is 6.38. The molecule has 31 heavy (non-hydrogen) atoms. The van der Waals surface area contributed by atoms with E-state index in [4.69, 9.17) is 0 Å². The average molecular weight is 446 g/mol. The number of carbonyl (C=O) groups excluding carboxylic acids is 2. The molecule has 0 aliphatic heterocycles. The highest BCUT2D eigenvalue weighted by Crippen LogP contribution is 2.22. The van der Waals surface area contributed by atoms with Crippen LogP contribution in [-0.4, -0.2) is 57.1 Å². The molecule has 2 aromatic rings. The van der Waals surface area contributed by atoms with Gasteiger partial charge in [0.2, 0.25) is 15.9 Å².